The Morgan fingerprint density at radius 3 is 2.67 bits per heavy atom. The van der Waals surface area contributed by atoms with Crippen LogP contribution < -0.4 is 5.32 Å². The molecule has 3 aromatic rings. The number of amides is 1. The second-order valence-corrected chi connectivity index (χ2v) is 6.19. The monoisotopic (exact) mass is 324 g/mol. The van der Waals surface area contributed by atoms with Gasteiger partial charge in [-0.2, -0.15) is 5.10 Å². The van der Waals surface area contributed by atoms with Crippen LogP contribution in [0.15, 0.2) is 18.2 Å². The van der Waals surface area contributed by atoms with Gasteiger partial charge < -0.3 is 10.3 Å². The number of hydrogen-bond donors (Lipinski definition) is 2. The van der Waals surface area contributed by atoms with Gasteiger partial charge in [-0.05, 0) is 50.5 Å². The van der Waals surface area contributed by atoms with Crippen molar-refractivity contribution in [1.29, 1.82) is 0 Å². The number of nitrogens with one attached hydrogen (secondary N) is 2. The van der Waals surface area contributed by atoms with Crippen molar-refractivity contribution in [3.05, 3.63) is 46.3 Å². The third-order valence-corrected chi connectivity index (χ3v) is 4.71. The minimum atomic E-state index is -0.103. The Balaban J connectivity index is 1.96. The predicted octanol–water partition coefficient (Wildman–Crippen LogP) is 3.90. The summed E-state index contributed by atoms with van der Waals surface area (Å²) in [5, 5.41) is 8.53. The number of aromatic nitrogens is 3. The van der Waals surface area contributed by atoms with Gasteiger partial charge in [0.2, 0.25) is 0 Å². The van der Waals surface area contributed by atoms with Crippen molar-refractivity contribution >= 4 is 22.6 Å². The fourth-order valence-corrected chi connectivity index (χ4v) is 3.34. The van der Waals surface area contributed by atoms with Gasteiger partial charge in [-0.3, -0.25) is 9.48 Å². The zero-order valence-corrected chi connectivity index (χ0v) is 14.9. The van der Waals surface area contributed by atoms with Crippen LogP contribution in [0.1, 0.15) is 46.7 Å². The van der Waals surface area contributed by atoms with E-state index >= 15 is 0 Å². The summed E-state index contributed by atoms with van der Waals surface area (Å²) in [5.41, 5.74) is 6.21. The molecule has 0 radical (unpaired) electrons. The van der Waals surface area contributed by atoms with Gasteiger partial charge in [0.05, 0.1) is 5.69 Å². The number of rotatable bonds is 4. The van der Waals surface area contributed by atoms with Crippen molar-refractivity contribution < 1.29 is 4.79 Å². The maximum atomic E-state index is 12.7. The third-order valence-electron chi connectivity index (χ3n) is 4.71. The van der Waals surface area contributed by atoms with Gasteiger partial charge in [0.1, 0.15) is 5.82 Å². The zero-order chi connectivity index (χ0) is 17.4. The molecule has 126 valence electrons. The highest BCUT2D eigenvalue weighted by atomic mass is 16.1. The highest BCUT2D eigenvalue weighted by Gasteiger charge is 2.16. The maximum Gasteiger partial charge on any atom is 0.256 e. The molecule has 1 amide bonds. The molecule has 5 heteroatoms. The number of aryl methyl sites for hydroxylation is 4. The smallest absolute Gasteiger partial charge is 0.256 e. The molecule has 2 heterocycles. The van der Waals surface area contributed by atoms with Gasteiger partial charge in [-0.15, -0.1) is 0 Å². The van der Waals surface area contributed by atoms with Gasteiger partial charge in [0, 0.05) is 34.8 Å². The molecule has 0 aliphatic rings. The summed E-state index contributed by atoms with van der Waals surface area (Å²) in [6.45, 7) is 8.26. The van der Waals surface area contributed by atoms with Gasteiger partial charge in [-0.1, -0.05) is 13.8 Å². The lowest BCUT2D eigenvalue weighted by molar-refractivity contribution is 0.102. The molecule has 24 heavy (non-hydrogen) atoms. The van der Waals surface area contributed by atoms with E-state index in [-0.39, 0.29) is 5.91 Å². The molecule has 0 bridgehead atoms. The number of aromatic amines is 1. The fraction of sp³-hybridized carbons (Fsp3) is 0.368. The number of H-pyrrole nitrogens is 1. The molecule has 1 aromatic carbocycles. The molecular weight excluding hydrogens is 300 g/mol. The lowest BCUT2D eigenvalue weighted by Crippen LogP contribution is -2.15. The SMILES string of the molecule is CCc1[nH]c2ccc(C(=O)Nc3c(CC)c(C)nn3C)cc2c1C. The Kier molecular flexibility index (Phi) is 4.18. The molecule has 0 atom stereocenters. The first-order valence-electron chi connectivity index (χ1n) is 8.41. The summed E-state index contributed by atoms with van der Waals surface area (Å²) in [7, 11) is 1.86. The summed E-state index contributed by atoms with van der Waals surface area (Å²) >= 11 is 0. The summed E-state index contributed by atoms with van der Waals surface area (Å²) < 4.78 is 1.74. The molecule has 0 aliphatic carbocycles. The Hall–Kier alpha value is -2.56. The Morgan fingerprint density at radius 2 is 2.00 bits per heavy atom. The average molecular weight is 324 g/mol. The molecule has 0 fully saturated rings. The Morgan fingerprint density at radius 1 is 1.25 bits per heavy atom. The lowest BCUT2D eigenvalue weighted by Gasteiger charge is -2.08. The van der Waals surface area contributed by atoms with Crippen LogP contribution in [0.3, 0.4) is 0 Å². The van der Waals surface area contributed by atoms with Crippen molar-refractivity contribution in [2.45, 2.75) is 40.5 Å². The fourth-order valence-electron chi connectivity index (χ4n) is 3.34. The van der Waals surface area contributed by atoms with Crippen LogP contribution in [0.2, 0.25) is 0 Å². The molecule has 3 rings (SSSR count). The number of carbonyl (C=O) groups excluding carboxylic acids is 1. The number of carbonyl (C=O) groups is 1. The van der Waals surface area contributed by atoms with Crippen molar-refractivity contribution in [1.82, 2.24) is 14.8 Å². The lowest BCUT2D eigenvalue weighted by atomic mass is 10.1. The summed E-state index contributed by atoms with van der Waals surface area (Å²) in [4.78, 5) is 16.1. The normalized spacial score (nSPS) is 11.2. The van der Waals surface area contributed by atoms with Gasteiger partial charge in [0.15, 0.2) is 0 Å². The number of nitrogens with zero attached hydrogens (tertiary/aromatic N) is 2. The average Bonchev–Trinajstić information content (AvgIpc) is 3.03. The first-order valence-corrected chi connectivity index (χ1v) is 8.41. The molecule has 0 unspecified atom stereocenters. The second kappa shape index (κ2) is 6.15. The van der Waals surface area contributed by atoms with E-state index in [0.29, 0.717) is 5.56 Å². The Labute approximate surface area is 142 Å². The van der Waals surface area contributed by atoms with Crippen molar-refractivity contribution in [2.24, 2.45) is 7.05 Å². The van der Waals surface area contributed by atoms with E-state index in [1.54, 1.807) is 4.68 Å². The molecule has 0 saturated carbocycles. The van der Waals surface area contributed by atoms with E-state index in [2.05, 4.69) is 36.2 Å². The van der Waals surface area contributed by atoms with Crippen LogP contribution in [-0.2, 0) is 19.9 Å². The van der Waals surface area contributed by atoms with E-state index in [0.717, 1.165) is 40.8 Å². The van der Waals surface area contributed by atoms with E-state index in [1.165, 1.54) is 11.3 Å². The first kappa shape index (κ1) is 16.3. The van der Waals surface area contributed by atoms with Gasteiger partial charge in [-0.25, -0.2) is 0 Å². The summed E-state index contributed by atoms with van der Waals surface area (Å²) in [6, 6.07) is 5.80. The van der Waals surface area contributed by atoms with E-state index in [1.807, 2.05) is 32.2 Å². The summed E-state index contributed by atoms with van der Waals surface area (Å²) in [5.74, 6) is 0.674. The zero-order valence-electron chi connectivity index (χ0n) is 14.9. The standard InChI is InChI=1S/C19H24N4O/c1-6-14-12(4)22-23(5)18(14)21-19(24)13-8-9-17-15(10-13)11(3)16(7-2)20-17/h8-10,20H,6-7H2,1-5H3,(H,21,24). The maximum absolute atomic E-state index is 12.7. The van der Waals surface area contributed by atoms with Crippen LogP contribution in [0, 0.1) is 13.8 Å². The molecule has 5 nitrogen and oxygen atoms in total. The van der Waals surface area contributed by atoms with Gasteiger partial charge >= 0.3 is 0 Å². The number of anilines is 1. The molecule has 0 aliphatic heterocycles. The quantitative estimate of drug-likeness (QED) is 0.764. The van der Waals surface area contributed by atoms with Gasteiger partial charge in [0.25, 0.3) is 5.91 Å². The van der Waals surface area contributed by atoms with Crippen LogP contribution in [-0.4, -0.2) is 20.7 Å². The Bertz CT molecular complexity index is 917. The predicted molar refractivity (Wildman–Crippen MR) is 97.7 cm³/mol. The van der Waals surface area contributed by atoms with Crippen LogP contribution in [0.4, 0.5) is 5.82 Å². The number of benzene rings is 1. The minimum absolute atomic E-state index is 0.103. The van der Waals surface area contributed by atoms with E-state index in [9.17, 15) is 4.79 Å². The number of fused-ring (bicyclic) bond motifs is 1. The first-order chi connectivity index (χ1) is 11.5. The minimum Gasteiger partial charge on any atom is -0.358 e. The highest BCUT2D eigenvalue weighted by molar-refractivity contribution is 6.06. The number of hydrogen-bond acceptors (Lipinski definition) is 2. The van der Waals surface area contributed by atoms with Crippen molar-refractivity contribution in [3.63, 3.8) is 0 Å². The van der Waals surface area contributed by atoms with Crippen LogP contribution in [0.25, 0.3) is 10.9 Å². The van der Waals surface area contributed by atoms with Crippen molar-refractivity contribution in [3.8, 4) is 0 Å². The molecule has 2 N–H and O–H groups in total. The largest absolute Gasteiger partial charge is 0.358 e. The van der Waals surface area contributed by atoms with E-state index < -0.39 is 0 Å². The summed E-state index contributed by atoms with van der Waals surface area (Å²) in [6.07, 6.45) is 1.79. The molecule has 2 aromatic heterocycles. The van der Waals surface area contributed by atoms with Crippen LogP contribution in [0.5, 0.6) is 0 Å². The van der Waals surface area contributed by atoms with Crippen molar-refractivity contribution in [2.75, 3.05) is 5.32 Å². The molecule has 0 spiro atoms. The highest BCUT2D eigenvalue weighted by Crippen LogP contribution is 2.25. The molecule has 0 saturated heterocycles. The third kappa shape index (κ3) is 2.60. The second-order valence-electron chi connectivity index (χ2n) is 6.19. The molecular formula is C19H24N4O. The van der Waals surface area contributed by atoms with Crippen LogP contribution >= 0.6 is 0 Å². The topological polar surface area (TPSA) is 62.7 Å². The van der Waals surface area contributed by atoms with E-state index in [4.69, 9.17) is 0 Å².